The second-order valence-corrected chi connectivity index (χ2v) is 6.88. The van der Waals surface area contributed by atoms with Gasteiger partial charge in [-0.25, -0.2) is 0 Å². The highest BCUT2D eigenvalue weighted by Crippen LogP contribution is 2.19. The van der Waals surface area contributed by atoms with Crippen molar-refractivity contribution in [2.75, 3.05) is 11.9 Å². The number of nitrogens with zero attached hydrogens (tertiary/aromatic N) is 3. The first kappa shape index (κ1) is 18.6. The first-order valence-electron chi connectivity index (χ1n) is 8.82. The van der Waals surface area contributed by atoms with Gasteiger partial charge in [0.1, 0.15) is 5.82 Å². The highest BCUT2D eigenvalue weighted by Gasteiger charge is 2.18. The summed E-state index contributed by atoms with van der Waals surface area (Å²) in [5, 5.41) is 20.8. The fraction of sp³-hybridized carbons (Fsp3) is 0.227. The Morgan fingerprint density at radius 1 is 1.00 bits per heavy atom. The van der Waals surface area contributed by atoms with Crippen LogP contribution in [0.3, 0.4) is 0 Å². The summed E-state index contributed by atoms with van der Waals surface area (Å²) >= 11 is 0. The van der Waals surface area contributed by atoms with E-state index in [4.69, 9.17) is 10.00 Å². The maximum absolute atomic E-state index is 9.01. The number of anilines is 1. The molecule has 1 aromatic heterocycles. The number of hydrogen-bond donors (Lipinski definition) is 1. The summed E-state index contributed by atoms with van der Waals surface area (Å²) in [5.41, 5.74) is 3.01. The van der Waals surface area contributed by atoms with Gasteiger partial charge in [-0.3, -0.25) is 0 Å². The Morgan fingerprint density at radius 2 is 1.81 bits per heavy atom. The lowest BCUT2D eigenvalue weighted by Crippen LogP contribution is -2.33. The van der Waals surface area contributed by atoms with E-state index in [2.05, 4.69) is 33.7 Å². The molecule has 3 rings (SSSR count). The van der Waals surface area contributed by atoms with Gasteiger partial charge >= 0.3 is 0 Å². The zero-order valence-electron chi connectivity index (χ0n) is 15.5. The van der Waals surface area contributed by atoms with Crippen LogP contribution in [0.5, 0.6) is 0 Å². The van der Waals surface area contributed by atoms with Crippen molar-refractivity contribution in [2.45, 2.75) is 26.1 Å². The Hall–Kier alpha value is -3.23. The van der Waals surface area contributed by atoms with Gasteiger partial charge in [0.05, 0.1) is 29.5 Å². The monoisotopic (exact) mass is 358 g/mol. The van der Waals surface area contributed by atoms with Crippen LogP contribution in [0.15, 0.2) is 66.7 Å². The second kappa shape index (κ2) is 8.43. The number of nitrogens with one attached hydrogen (secondary N) is 1. The van der Waals surface area contributed by atoms with E-state index in [1.54, 1.807) is 12.1 Å². The molecule has 0 radical (unpaired) electrons. The molecule has 0 unspecified atom stereocenters. The third kappa shape index (κ3) is 5.37. The molecule has 27 heavy (non-hydrogen) atoms. The lowest BCUT2D eigenvalue weighted by atomic mass is 10.1. The zero-order valence-corrected chi connectivity index (χ0v) is 15.5. The van der Waals surface area contributed by atoms with Gasteiger partial charge in [0, 0.05) is 12.1 Å². The van der Waals surface area contributed by atoms with Crippen molar-refractivity contribution in [1.82, 2.24) is 10.2 Å². The van der Waals surface area contributed by atoms with Crippen LogP contribution in [0.25, 0.3) is 11.3 Å². The number of rotatable bonds is 7. The van der Waals surface area contributed by atoms with E-state index >= 15 is 0 Å². The van der Waals surface area contributed by atoms with Crippen molar-refractivity contribution in [2.24, 2.45) is 0 Å². The largest absolute Gasteiger partial charge is 0.369 e. The van der Waals surface area contributed by atoms with Crippen LogP contribution in [0, 0.1) is 11.3 Å². The molecule has 0 amide bonds. The Labute approximate surface area is 159 Å². The first-order valence-corrected chi connectivity index (χ1v) is 8.82. The fourth-order valence-electron chi connectivity index (χ4n) is 2.54. The van der Waals surface area contributed by atoms with Gasteiger partial charge in [-0.1, -0.05) is 42.5 Å². The van der Waals surface area contributed by atoms with Gasteiger partial charge in [0.25, 0.3) is 0 Å². The minimum absolute atomic E-state index is 0.350. The average molecular weight is 358 g/mol. The zero-order chi connectivity index (χ0) is 19.1. The molecule has 0 spiro atoms. The molecular weight excluding hydrogens is 336 g/mol. The minimum Gasteiger partial charge on any atom is -0.369 e. The summed E-state index contributed by atoms with van der Waals surface area (Å²) in [6.07, 6.45) is 0. The molecule has 5 heteroatoms. The third-order valence-corrected chi connectivity index (χ3v) is 4.12. The smallest absolute Gasteiger partial charge is 0.148 e. The molecule has 0 bridgehead atoms. The van der Waals surface area contributed by atoms with Crippen molar-refractivity contribution < 1.29 is 4.74 Å². The van der Waals surface area contributed by atoms with Crippen molar-refractivity contribution >= 4 is 5.82 Å². The SMILES string of the molecule is CC(C)(CNc1ccc(-c2cccc(C#N)c2)nn1)OCc1ccccc1. The summed E-state index contributed by atoms with van der Waals surface area (Å²) in [6.45, 7) is 5.25. The number of nitriles is 1. The van der Waals surface area contributed by atoms with Crippen molar-refractivity contribution in [3.63, 3.8) is 0 Å². The molecule has 136 valence electrons. The van der Waals surface area contributed by atoms with Crippen LogP contribution in [-0.4, -0.2) is 22.3 Å². The summed E-state index contributed by atoms with van der Waals surface area (Å²) in [7, 11) is 0. The number of ether oxygens (including phenoxy) is 1. The predicted octanol–water partition coefficient (Wildman–Crippen LogP) is 4.42. The van der Waals surface area contributed by atoms with E-state index in [1.807, 2.05) is 56.3 Å². The normalized spacial score (nSPS) is 11.0. The van der Waals surface area contributed by atoms with Gasteiger partial charge < -0.3 is 10.1 Å². The molecule has 1 N–H and O–H groups in total. The van der Waals surface area contributed by atoms with Gasteiger partial charge in [-0.2, -0.15) is 5.26 Å². The van der Waals surface area contributed by atoms with E-state index in [0.29, 0.717) is 24.5 Å². The highest BCUT2D eigenvalue weighted by molar-refractivity contribution is 5.61. The molecule has 0 atom stereocenters. The maximum atomic E-state index is 9.01. The molecule has 0 fully saturated rings. The van der Waals surface area contributed by atoms with E-state index < -0.39 is 0 Å². The van der Waals surface area contributed by atoms with Gasteiger partial charge in [0.15, 0.2) is 0 Å². The van der Waals surface area contributed by atoms with Crippen LogP contribution < -0.4 is 5.32 Å². The summed E-state index contributed by atoms with van der Waals surface area (Å²) in [4.78, 5) is 0. The molecular formula is C22H22N4O. The van der Waals surface area contributed by atoms with E-state index in [-0.39, 0.29) is 5.60 Å². The Bertz CT molecular complexity index is 915. The second-order valence-electron chi connectivity index (χ2n) is 6.88. The molecule has 0 aliphatic carbocycles. The lowest BCUT2D eigenvalue weighted by Gasteiger charge is -2.26. The fourth-order valence-corrected chi connectivity index (χ4v) is 2.54. The van der Waals surface area contributed by atoms with Crippen molar-refractivity contribution in [3.05, 3.63) is 77.9 Å². The van der Waals surface area contributed by atoms with Crippen molar-refractivity contribution in [1.29, 1.82) is 5.26 Å². The highest BCUT2D eigenvalue weighted by atomic mass is 16.5. The number of hydrogen-bond acceptors (Lipinski definition) is 5. The van der Waals surface area contributed by atoms with E-state index in [9.17, 15) is 0 Å². The summed E-state index contributed by atoms with van der Waals surface area (Å²) in [5.74, 6) is 0.687. The average Bonchev–Trinajstić information content (AvgIpc) is 2.72. The molecule has 1 heterocycles. The van der Waals surface area contributed by atoms with Crippen LogP contribution >= 0.6 is 0 Å². The van der Waals surface area contributed by atoms with Gasteiger partial charge in [-0.05, 0) is 43.7 Å². The molecule has 0 saturated carbocycles. The first-order chi connectivity index (χ1) is 13.1. The molecule has 2 aromatic carbocycles. The lowest BCUT2D eigenvalue weighted by molar-refractivity contribution is -0.0192. The van der Waals surface area contributed by atoms with Crippen LogP contribution in [-0.2, 0) is 11.3 Å². The third-order valence-electron chi connectivity index (χ3n) is 4.12. The van der Waals surface area contributed by atoms with Gasteiger partial charge in [0.2, 0.25) is 0 Å². The minimum atomic E-state index is -0.350. The van der Waals surface area contributed by atoms with E-state index in [0.717, 1.165) is 16.8 Å². The number of benzene rings is 2. The summed E-state index contributed by atoms with van der Waals surface area (Å²) < 4.78 is 6.01. The van der Waals surface area contributed by atoms with Gasteiger partial charge in [-0.15, -0.1) is 10.2 Å². The Morgan fingerprint density at radius 3 is 2.52 bits per heavy atom. The Kier molecular flexibility index (Phi) is 5.80. The van der Waals surface area contributed by atoms with Crippen LogP contribution in [0.1, 0.15) is 25.0 Å². The van der Waals surface area contributed by atoms with Crippen LogP contribution in [0.2, 0.25) is 0 Å². The molecule has 3 aromatic rings. The standard InChI is InChI=1S/C22H22N4O/c1-22(2,27-15-17-7-4-3-5-8-17)16-24-21-12-11-20(25-26-21)19-10-6-9-18(13-19)14-23/h3-13H,15-16H2,1-2H3,(H,24,26). The number of aromatic nitrogens is 2. The predicted molar refractivity (Wildman–Crippen MR) is 106 cm³/mol. The van der Waals surface area contributed by atoms with E-state index in [1.165, 1.54) is 0 Å². The molecule has 0 aliphatic rings. The molecule has 5 nitrogen and oxygen atoms in total. The Balaban J connectivity index is 1.57. The quantitative estimate of drug-likeness (QED) is 0.677. The summed E-state index contributed by atoms with van der Waals surface area (Å²) in [6, 6.07) is 23.4. The maximum Gasteiger partial charge on any atom is 0.148 e. The molecule has 0 aliphatic heterocycles. The van der Waals surface area contributed by atoms with Crippen molar-refractivity contribution in [3.8, 4) is 17.3 Å². The topological polar surface area (TPSA) is 70.8 Å². The molecule has 0 saturated heterocycles. The van der Waals surface area contributed by atoms with Crippen LogP contribution in [0.4, 0.5) is 5.82 Å².